The molecule has 6 nitrogen and oxygen atoms in total. The van der Waals surface area contributed by atoms with Crippen LogP contribution in [0.15, 0.2) is 121 Å². The summed E-state index contributed by atoms with van der Waals surface area (Å²) in [6.45, 7) is 17.6. The fraction of sp³-hybridized carbons (Fsp3) is 0.362. The van der Waals surface area contributed by atoms with E-state index in [0.717, 1.165) is 89.3 Å². The van der Waals surface area contributed by atoms with Gasteiger partial charge in [-0.2, -0.15) is 0 Å². The normalized spacial score (nSPS) is 11.8. The summed E-state index contributed by atoms with van der Waals surface area (Å²) in [4.78, 5) is 0. The third-order valence-corrected chi connectivity index (χ3v) is 11.2. The first-order valence-corrected chi connectivity index (χ1v) is 21.7. The van der Waals surface area contributed by atoms with E-state index in [0.29, 0.717) is 5.75 Å². The smallest absolute Gasteiger partial charge is 0.417 e. The molecule has 0 N–H and O–H groups in total. The predicted octanol–water partition coefficient (Wildman–Crippen LogP) is 14.6. The topological polar surface area (TPSA) is 55.4 Å². The van der Waals surface area contributed by atoms with Gasteiger partial charge in [0.25, 0.3) is 0 Å². The lowest BCUT2D eigenvalue weighted by Crippen LogP contribution is -2.15. The van der Waals surface area contributed by atoms with Crippen LogP contribution in [-0.2, 0) is 34.8 Å². The minimum Gasteiger partial charge on any atom is -0.417 e. The highest BCUT2D eigenvalue weighted by Gasteiger charge is 2.28. The molecule has 0 aliphatic rings. The van der Waals surface area contributed by atoms with Crippen molar-refractivity contribution in [1.82, 2.24) is 0 Å². The number of para-hydroxylation sites is 5. The van der Waals surface area contributed by atoms with Gasteiger partial charge in [-0.1, -0.05) is 159 Å². The Kier molecular flexibility index (Phi) is 15.4. The molecule has 0 radical (unpaired) electrons. The molecule has 55 heavy (non-hydrogen) atoms. The Morgan fingerprint density at radius 3 is 1.13 bits per heavy atom. The summed E-state index contributed by atoms with van der Waals surface area (Å²) < 4.78 is 40.0. The highest BCUT2D eigenvalue weighted by molar-refractivity contribution is 7.43. The fourth-order valence-corrected chi connectivity index (χ4v) is 8.18. The molecule has 292 valence electrons. The molecule has 5 aromatic rings. The second-order valence-electron chi connectivity index (χ2n) is 15.7. The van der Waals surface area contributed by atoms with Crippen molar-refractivity contribution in [3.8, 4) is 28.7 Å². The second-order valence-corrected chi connectivity index (χ2v) is 17.8. The maximum atomic E-state index is 6.73. The third-order valence-electron chi connectivity index (χ3n) is 9.10. The molecule has 0 aromatic heterocycles. The summed E-state index contributed by atoms with van der Waals surface area (Å²) in [5.74, 6) is 3.59. The van der Waals surface area contributed by atoms with Crippen LogP contribution in [0, 0.1) is 0 Å². The Labute approximate surface area is 332 Å². The SMILES string of the molecule is CCCCc1ccccc1OP(Oc1ccccc1CCCC)Oc1ccccc1COP(Oc1ccccc1C(C)(C)C)Oc1ccccc1C(C)(C)C. The first-order chi connectivity index (χ1) is 26.5. The van der Waals surface area contributed by atoms with Gasteiger partial charge in [0.05, 0.1) is 6.61 Å². The molecule has 0 aliphatic carbocycles. The number of benzene rings is 5. The average Bonchev–Trinajstić information content (AvgIpc) is 3.16. The summed E-state index contributed by atoms with van der Waals surface area (Å²) in [6, 6.07) is 40.4. The van der Waals surface area contributed by atoms with Crippen molar-refractivity contribution in [2.24, 2.45) is 0 Å². The molecule has 0 unspecified atom stereocenters. The molecule has 0 fully saturated rings. The Bertz CT molecular complexity index is 1820. The highest BCUT2D eigenvalue weighted by atomic mass is 31.2. The Morgan fingerprint density at radius 2 is 0.727 bits per heavy atom. The van der Waals surface area contributed by atoms with E-state index in [-0.39, 0.29) is 17.4 Å². The summed E-state index contributed by atoms with van der Waals surface area (Å²) >= 11 is 0. The lowest BCUT2D eigenvalue weighted by Gasteiger charge is -2.27. The number of rotatable bonds is 19. The first-order valence-electron chi connectivity index (χ1n) is 19.5. The summed E-state index contributed by atoms with van der Waals surface area (Å²) in [6.07, 6.45) is 6.13. The lowest BCUT2D eigenvalue weighted by atomic mass is 9.86. The standard InChI is InChI=1S/C47H58O6P2/c1-9-11-23-36-25-13-18-30-41(36)49-55(50-42-31-19-14-26-37(42)24-12-10-2)51-43-32-20-15-27-38(43)35-48-54(52-44-33-21-16-28-39(44)46(3,4)5)53-45-34-22-17-29-40(45)47(6,7)8/h13-22,25-34H,9-12,23-24,35H2,1-8H3. The zero-order valence-corrected chi connectivity index (χ0v) is 35.6. The van der Waals surface area contributed by atoms with E-state index in [4.69, 9.17) is 27.1 Å². The van der Waals surface area contributed by atoms with Gasteiger partial charge in [-0.15, -0.1) is 0 Å². The van der Waals surface area contributed by atoms with Crippen LogP contribution in [-0.4, -0.2) is 0 Å². The molecule has 0 spiro atoms. The zero-order valence-electron chi connectivity index (χ0n) is 33.8. The van der Waals surface area contributed by atoms with Crippen molar-refractivity contribution in [1.29, 1.82) is 0 Å². The van der Waals surface area contributed by atoms with Crippen LogP contribution in [0.5, 0.6) is 28.7 Å². The second kappa shape index (κ2) is 20.2. The van der Waals surface area contributed by atoms with Crippen molar-refractivity contribution >= 4 is 17.2 Å². The van der Waals surface area contributed by atoms with Crippen LogP contribution >= 0.6 is 17.2 Å². The van der Waals surface area contributed by atoms with Crippen LogP contribution in [0.3, 0.4) is 0 Å². The van der Waals surface area contributed by atoms with E-state index in [1.807, 2.05) is 84.9 Å². The Balaban J connectivity index is 1.45. The van der Waals surface area contributed by atoms with Crippen LogP contribution < -0.4 is 22.6 Å². The van der Waals surface area contributed by atoms with Gasteiger partial charge >= 0.3 is 17.2 Å². The van der Waals surface area contributed by atoms with Crippen molar-refractivity contribution in [3.63, 3.8) is 0 Å². The van der Waals surface area contributed by atoms with E-state index in [1.54, 1.807) is 0 Å². The third kappa shape index (κ3) is 12.5. The van der Waals surface area contributed by atoms with Crippen molar-refractivity contribution in [2.45, 2.75) is 111 Å². The molecule has 0 saturated heterocycles. The monoisotopic (exact) mass is 780 g/mol. The minimum atomic E-state index is -1.92. The Morgan fingerprint density at radius 1 is 0.400 bits per heavy atom. The van der Waals surface area contributed by atoms with Gasteiger partial charge in [-0.05, 0) is 78.0 Å². The molecule has 0 aliphatic heterocycles. The van der Waals surface area contributed by atoms with E-state index >= 15 is 0 Å². The number of unbranched alkanes of at least 4 members (excludes halogenated alkanes) is 2. The van der Waals surface area contributed by atoms with Crippen LogP contribution in [0.1, 0.15) is 109 Å². The Hall–Kier alpha value is -4.08. The number of hydrogen-bond donors (Lipinski definition) is 0. The molecular formula is C47H58O6P2. The van der Waals surface area contributed by atoms with Crippen LogP contribution in [0.4, 0.5) is 0 Å². The molecule has 0 bridgehead atoms. The molecule has 0 heterocycles. The minimum absolute atomic E-state index is 0.150. The quantitative estimate of drug-likeness (QED) is 0.0778. The largest absolute Gasteiger partial charge is 0.530 e. The van der Waals surface area contributed by atoms with E-state index < -0.39 is 17.2 Å². The average molecular weight is 781 g/mol. The maximum Gasteiger partial charge on any atom is 0.530 e. The van der Waals surface area contributed by atoms with Gasteiger partial charge < -0.3 is 22.6 Å². The highest BCUT2D eigenvalue weighted by Crippen LogP contribution is 2.49. The van der Waals surface area contributed by atoms with E-state index in [9.17, 15) is 0 Å². The molecule has 0 atom stereocenters. The molecule has 5 aromatic carbocycles. The fourth-order valence-electron chi connectivity index (χ4n) is 6.03. The van der Waals surface area contributed by atoms with Gasteiger partial charge in [0.2, 0.25) is 0 Å². The molecule has 0 saturated carbocycles. The van der Waals surface area contributed by atoms with E-state index in [2.05, 4.69) is 91.8 Å². The summed E-state index contributed by atoms with van der Waals surface area (Å²) in [5.41, 5.74) is 4.92. The van der Waals surface area contributed by atoms with Crippen molar-refractivity contribution < 1.29 is 27.1 Å². The molecule has 5 rings (SSSR count). The predicted molar refractivity (Wildman–Crippen MR) is 229 cm³/mol. The summed E-state index contributed by atoms with van der Waals surface area (Å²) in [7, 11) is -3.83. The van der Waals surface area contributed by atoms with Gasteiger partial charge in [-0.25, -0.2) is 0 Å². The van der Waals surface area contributed by atoms with Gasteiger partial charge in [0.15, 0.2) is 0 Å². The van der Waals surface area contributed by atoms with Gasteiger partial charge in [-0.3, -0.25) is 4.52 Å². The zero-order chi connectivity index (χ0) is 39.3. The maximum absolute atomic E-state index is 6.73. The lowest BCUT2D eigenvalue weighted by molar-refractivity contribution is 0.251. The van der Waals surface area contributed by atoms with Gasteiger partial charge in [0, 0.05) is 16.7 Å². The molecule has 0 amide bonds. The first kappa shape index (κ1) is 42.1. The van der Waals surface area contributed by atoms with Gasteiger partial charge in [0.1, 0.15) is 28.7 Å². The van der Waals surface area contributed by atoms with Crippen molar-refractivity contribution in [2.75, 3.05) is 0 Å². The number of hydrogen-bond acceptors (Lipinski definition) is 6. The molecular weight excluding hydrogens is 722 g/mol. The van der Waals surface area contributed by atoms with Crippen LogP contribution in [0.25, 0.3) is 0 Å². The van der Waals surface area contributed by atoms with Crippen molar-refractivity contribution in [3.05, 3.63) is 149 Å². The summed E-state index contributed by atoms with van der Waals surface area (Å²) in [5, 5.41) is 0. The van der Waals surface area contributed by atoms with Crippen LogP contribution in [0.2, 0.25) is 0 Å². The number of aryl methyl sites for hydroxylation is 2. The molecule has 8 heteroatoms. The van der Waals surface area contributed by atoms with E-state index in [1.165, 1.54) is 0 Å².